The van der Waals surface area contributed by atoms with E-state index in [1.165, 1.54) is 0 Å². The lowest BCUT2D eigenvalue weighted by atomic mass is 9.75. The molecular formula is C22H30N6O3. The van der Waals surface area contributed by atoms with E-state index in [9.17, 15) is 9.59 Å². The van der Waals surface area contributed by atoms with Crippen molar-refractivity contribution in [3.8, 4) is 0 Å². The van der Waals surface area contributed by atoms with Crippen molar-refractivity contribution in [3.63, 3.8) is 0 Å². The van der Waals surface area contributed by atoms with E-state index in [0.29, 0.717) is 45.2 Å². The summed E-state index contributed by atoms with van der Waals surface area (Å²) in [5, 5.41) is 4.33. The number of fused-ring (bicyclic) bond motifs is 1. The molecule has 9 nitrogen and oxygen atoms in total. The van der Waals surface area contributed by atoms with E-state index in [-0.39, 0.29) is 24.2 Å². The molecule has 2 aliphatic heterocycles. The molecule has 0 unspecified atom stereocenters. The Morgan fingerprint density at radius 1 is 1.26 bits per heavy atom. The maximum absolute atomic E-state index is 13.1. The normalized spacial score (nSPS) is 23.4. The van der Waals surface area contributed by atoms with Crippen molar-refractivity contribution < 1.29 is 14.3 Å². The molecule has 0 radical (unpaired) electrons. The molecule has 2 aromatic rings. The van der Waals surface area contributed by atoms with Gasteiger partial charge in [-0.2, -0.15) is 5.10 Å². The minimum absolute atomic E-state index is 0.0355. The summed E-state index contributed by atoms with van der Waals surface area (Å²) in [4.78, 5) is 39.1. The second-order valence-electron chi connectivity index (χ2n) is 8.62. The Morgan fingerprint density at radius 3 is 2.71 bits per heavy atom. The van der Waals surface area contributed by atoms with E-state index in [4.69, 9.17) is 4.74 Å². The Bertz CT molecular complexity index is 943. The number of esters is 1. The van der Waals surface area contributed by atoms with E-state index in [0.717, 1.165) is 17.7 Å². The number of hydrogen-bond acceptors (Lipinski definition) is 7. The van der Waals surface area contributed by atoms with Crippen LogP contribution in [0, 0.1) is 18.3 Å². The number of amides is 1. The number of aryl methyl sites for hydroxylation is 2. The molecule has 1 amide bonds. The molecule has 4 rings (SSSR count). The summed E-state index contributed by atoms with van der Waals surface area (Å²) in [7, 11) is 1.84. The predicted octanol–water partition coefficient (Wildman–Crippen LogP) is 1.37. The molecule has 0 saturated carbocycles. The molecule has 0 spiro atoms. The number of aromatic nitrogens is 4. The van der Waals surface area contributed by atoms with Gasteiger partial charge in [-0.25, -0.2) is 9.97 Å². The molecule has 2 fully saturated rings. The van der Waals surface area contributed by atoms with Gasteiger partial charge in [0.25, 0.3) is 0 Å². The highest BCUT2D eigenvalue weighted by Gasteiger charge is 2.55. The van der Waals surface area contributed by atoms with Crippen molar-refractivity contribution in [2.24, 2.45) is 18.4 Å². The van der Waals surface area contributed by atoms with Crippen LogP contribution in [0.2, 0.25) is 0 Å². The minimum Gasteiger partial charge on any atom is -0.466 e. The summed E-state index contributed by atoms with van der Waals surface area (Å²) >= 11 is 0. The van der Waals surface area contributed by atoms with Gasteiger partial charge >= 0.3 is 5.97 Å². The van der Waals surface area contributed by atoms with Crippen molar-refractivity contribution in [2.75, 3.05) is 37.7 Å². The smallest absolute Gasteiger partial charge is 0.314 e. The highest BCUT2D eigenvalue weighted by Crippen LogP contribution is 2.44. The maximum Gasteiger partial charge on any atom is 0.314 e. The van der Waals surface area contributed by atoms with Crippen LogP contribution in [0.25, 0.3) is 0 Å². The predicted molar refractivity (Wildman–Crippen MR) is 114 cm³/mol. The highest BCUT2D eigenvalue weighted by atomic mass is 16.5. The van der Waals surface area contributed by atoms with Crippen LogP contribution in [0.15, 0.2) is 24.7 Å². The minimum atomic E-state index is -0.649. The van der Waals surface area contributed by atoms with Gasteiger partial charge in [0.05, 0.1) is 24.1 Å². The zero-order valence-electron chi connectivity index (χ0n) is 18.5. The fraction of sp³-hybridized carbons (Fsp3) is 0.591. The van der Waals surface area contributed by atoms with Gasteiger partial charge < -0.3 is 14.5 Å². The van der Waals surface area contributed by atoms with Crippen molar-refractivity contribution in [1.29, 1.82) is 0 Å². The van der Waals surface area contributed by atoms with Gasteiger partial charge in [-0.1, -0.05) is 0 Å². The molecular weight excluding hydrogens is 396 g/mol. The van der Waals surface area contributed by atoms with Crippen LogP contribution in [-0.4, -0.2) is 69.3 Å². The van der Waals surface area contributed by atoms with Gasteiger partial charge in [0, 0.05) is 57.7 Å². The number of anilines is 1. The van der Waals surface area contributed by atoms with Gasteiger partial charge in [-0.05, 0) is 38.3 Å². The zero-order valence-corrected chi connectivity index (χ0v) is 18.5. The molecule has 2 saturated heterocycles. The van der Waals surface area contributed by atoms with Gasteiger partial charge in [-0.3, -0.25) is 14.3 Å². The Labute approximate surface area is 182 Å². The Balaban J connectivity index is 1.56. The Kier molecular flexibility index (Phi) is 5.93. The molecule has 2 aliphatic rings. The monoisotopic (exact) mass is 426 g/mol. The largest absolute Gasteiger partial charge is 0.466 e. The van der Waals surface area contributed by atoms with Crippen LogP contribution in [0.4, 0.5) is 5.95 Å². The van der Waals surface area contributed by atoms with E-state index in [1.807, 2.05) is 38.1 Å². The summed E-state index contributed by atoms with van der Waals surface area (Å²) < 4.78 is 7.22. The number of nitrogens with zero attached hydrogens (tertiary/aromatic N) is 6. The van der Waals surface area contributed by atoms with Gasteiger partial charge in [-0.15, -0.1) is 0 Å². The third-order valence-electron chi connectivity index (χ3n) is 6.37. The maximum atomic E-state index is 13.1. The molecule has 31 heavy (non-hydrogen) atoms. The van der Waals surface area contributed by atoms with Crippen LogP contribution in [-0.2, 0) is 27.8 Å². The zero-order chi connectivity index (χ0) is 22.0. The summed E-state index contributed by atoms with van der Waals surface area (Å²) in [5.41, 5.74) is 1.10. The quantitative estimate of drug-likeness (QED) is 0.667. The third kappa shape index (κ3) is 4.26. The van der Waals surface area contributed by atoms with Crippen molar-refractivity contribution in [3.05, 3.63) is 35.9 Å². The number of ether oxygens (including phenoxy) is 1. The topological polar surface area (TPSA) is 93.5 Å². The lowest BCUT2D eigenvalue weighted by molar-refractivity contribution is -0.157. The summed E-state index contributed by atoms with van der Waals surface area (Å²) in [6.45, 7) is 6.42. The van der Waals surface area contributed by atoms with Crippen molar-refractivity contribution >= 4 is 17.8 Å². The van der Waals surface area contributed by atoms with Crippen LogP contribution in [0.5, 0.6) is 0 Å². The molecule has 166 valence electrons. The second-order valence-corrected chi connectivity index (χ2v) is 8.62. The van der Waals surface area contributed by atoms with Gasteiger partial charge in [0.1, 0.15) is 0 Å². The average molecular weight is 427 g/mol. The highest BCUT2D eigenvalue weighted by molar-refractivity contribution is 5.81. The molecule has 4 heterocycles. The lowest BCUT2D eigenvalue weighted by Crippen LogP contribution is -2.44. The van der Waals surface area contributed by atoms with Crippen LogP contribution in [0.1, 0.15) is 31.0 Å². The SMILES string of the molecule is CCOC(=O)[C@]12CCCN(C(=O)Cc3ccn(C)n3)C[C@H]1CN(c1ncc(C)cn1)C2. The molecule has 0 bridgehead atoms. The lowest BCUT2D eigenvalue weighted by Gasteiger charge is -2.31. The third-order valence-corrected chi connectivity index (χ3v) is 6.37. The fourth-order valence-electron chi connectivity index (χ4n) is 4.79. The number of carbonyl (C=O) groups is 2. The first-order valence-electron chi connectivity index (χ1n) is 10.9. The summed E-state index contributed by atoms with van der Waals surface area (Å²) in [6.07, 6.45) is 7.13. The molecule has 0 N–H and O–H groups in total. The summed E-state index contributed by atoms with van der Waals surface area (Å²) in [6, 6.07) is 1.87. The van der Waals surface area contributed by atoms with E-state index in [1.54, 1.807) is 17.1 Å². The molecule has 0 aliphatic carbocycles. The molecule has 2 aromatic heterocycles. The van der Waals surface area contributed by atoms with Crippen molar-refractivity contribution in [2.45, 2.75) is 33.1 Å². The first kappa shape index (κ1) is 21.3. The Hall–Kier alpha value is -2.97. The van der Waals surface area contributed by atoms with E-state index in [2.05, 4.69) is 20.0 Å². The van der Waals surface area contributed by atoms with Gasteiger partial charge in [0.15, 0.2) is 0 Å². The van der Waals surface area contributed by atoms with E-state index < -0.39 is 5.41 Å². The molecule has 2 atom stereocenters. The average Bonchev–Trinajstić information content (AvgIpc) is 3.26. The van der Waals surface area contributed by atoms with Crippen molar-refractivity contribution in [1.82, 2.24) is 24.6 Å². The number of hydrogen-bond donors (Lipinski definition) is 0. The number of rotatable bonds is 5. The first-order valence-corrected chi connectivity index (χ1v) is 10.9. The van der Waals surface area contributed by atoms with Crippen LogP contribution in [0.3, 0.4) is 0 Å². The molecule has 0 aromatic carbocycles. The Morgan fingerprint density at radius 2 is 2.03 bits per heavy atom. The van der Waals surface area contributed by atoms with Crippen LogP contribution < -0.4 is 4.90 Å². The number of likely N-dealkylation sites (tertiary alicyclic amines) is 1. The first-order chi connectivity index (χ1) is 14.9. The second kappa shape index (κ2) is 8.64. The van der Waals surface area contributed by atoms with Crippen LogP contribution >= 0.6 is 0 Å². The van der Waals surface area contributed by atoms with E-state index >= 15 is 0 Å². The fourth-order valence-corrected chi connectivity index (χ4v) is 4.79. The molecule has 9 heteroatoms. The number of carbonyl (C=O) groups excluding carboxylic acids is 2. The van der Waals surface area contributed by atoms with Gasteiger partial charge in [0.2, 0.25) is 11.9 Å². The summed E-state index contributed by atoms with van der Waals surface area (Å²) in [5.74, 6) is 0.456. The standard InChI is InChI=1S/C22H30N6O3/c1-4-31-20(30)22-7-5-8-27(19(29)10-18-6-9-26(3)25-18)13-17(22)14-28(15-22)21-23-11-16(2)12-24-21/h6,9,11-12,17H,4-5,7-8,10,13-15H2,1-3H3/t17-,22-/m0/s1.